The van der Waals surface area contributed by atoms with Gasteiger partial charge in [-0.25, -0.2) is 4.79 Å². The Bertz CT molecular complexity index is 667. The number of aliphatic hydroxyl groups excluding tert-OH is 1. The number of carbonyl (C=O) groups excluding carboxylic acids is 2. The van der Waals surface area contributed by atoms with Gasteiger partial charge in [0.25, 0.3) is 0 Å². The molecule has 2 aliphatic rings. The van der Waals surface area contributed by atoms with E-state index in [1.165, 1.54) is 6.92 Å². The Morgan fingerprint density at radius 1 is 1.38 bits per heavy atom. The average molecular weight is 405 g/mol. The van der Waals surface area contributed by atoms with E-state index in [2.05, 4.69) is 5.32 Å². The van der Waals surface area contributed by atoms with Gasteiger partial charge in [-0.15, -0.1) is 11.8 Å². The minimum absolute atomic E-state index is 0.0508. The van der Waals surface area contributed by atoms with Gasteiger partial charge >= 0.3 is 11.9 Å². The number of nitrogens with one attached hydrogen (secondary N) is 1. The van der Waals surface area contributed by atoms with Crippen LogP contribution < -0.4 is 11.1 Å². The lowest BCUT2D eigenvalue weighted by Gasteiger charge is -2.43. The van der Waals surface area contributed by atoms with Crippen molar-refractivity contribution >= 4 is 47.3 Å². The van der Waals surface area contributed by atoms with Crippen molar-refractivity contribution in [3.05, 3.63) is 9.93 Å². The Balaban J connectivity index is 1.96. The number of fused-ring (bicyclic) bond motifs is 1. The lowest BCUT2D eigenvalue weighted by atomic mass is 9.92. The molecule has 4 atom stereocenters. The molecule has 0 bridgehead atoms. The molecule has 12 heteroatoms. The van der Waals surface area contributed by atoms with Crippen LogP contribution in [-0.2, 0) is 19.2 Å². The van der Waals surface area contributed by atoms with Crippen LogP contribution in [-0.4, -0.2) is 73.8 Å². The quantitative estimate of drug-likeness (QED) is 0.294. The summed E-state index contributed by atoms with van der Waals surface area (Å²) in [6, 6.07) is -0.964. The molecular formula is C14H19N3O7S2. The standard InChI is InChI=1S/C14H19N3O7S2/c1-5(18)8-11(22)17-9(13(23)24)14(26-12(8)17)25-4-6(15)10(21)16-3-2-7(19)20/h5-6,8,12,18H,2-4,15H2,1H3,(H,16,21)(H,19,20)(H,23,24)/t5?,6-,8-,12+/m0/s1. The zero-order valence-electron chi connectivity index (χ0n) is 13.7. The Hall–Kier alpha value is -1.76. The Morgan fingerprint density at radius 3 is 2.58 bits per heavy atom. The van der Waals surface area contributed by atoms with Crippen LogP contribution in [0, 0.1) is 5.92 Å². The fraction of sp³-hybridized carbons (Fsp3) is 0.571. The van der Waals surface area contributed by atoms with Crippen molar-refractivity contribution in [1.82, 2.24) is 10.2 Å². The summed E-state index contributed by atoms with van der Waals surface area (Å²) in [5.41, 5.74) is 5.58. The van der Waals surface area contributed by atoms with Gasteiger partial charge in [0.2, 0.25) is 11.8 Å². The summed E-state index contributed by atoms with van der Waals surface area (Å²) in [6.07, 6.45) is -1.12. The van der Waals surface area contributed by atoms with Crippen LogP contribution in [0.15, 0.2) is 9.93 Å². The first-order valence-electron chi connectivity index (χ1n) is 7.68. The Morgan fingerprint density at radius 2 is 2.04 bits per heavy atom. The van der Waals surface area contributed by atoms with E-state index in [-0.39, 0.29) is 24.4 Å². The van der Waals surface area contributed by atoms with Crippen molar-refractivity contribution in [3.63, 3.8) is 0 Å². The number of carboxylic acid groups (broad SMARTS) is 2. The third-order valence-corrected chi connectivity index (χ3v) is 6.61. The molecule has 0 aliphatic carbocycles. The number of aliphatic carboxylic acids is 2. The normalized spacial score (nSPS) is 24.0. The molecular weight excluding hydrogens is 386 g/mol. The van der Waals surface area contributed by atoms with E-state index in [1.54, 1.807) is 0 Å². The smallest absolute Gasteiger partial charge is 0.354 e. The highest BCUT2D eigenvalue weighted by Gasteiger charge is 2.57. The molecule has 0 aromatic carbocycles. The maximum Gasteiger partial charge on any atom is 0.354 e. The summed E-state index contributed by atoms with van der Waals surface area (Å²) in [5, 5.41) is 29.5. The maximum atomic E-state index is 12.1. The van der Waals surface area contributed by atoms with E-state index in [4.69, 9.17) is 10.8 Å². The average Bonchev–Trinajstić information content (AvgIpc) is 2.86. The molecule has 10 nitrogen and oxygen atoms in total. The first-order chi connectivity index (χ1) is 12.1. The molecule has 0 aromatic rings. The summed E-state index contributed by atoms with van der Waals surface area (Å²) in [7, 11) is 0. The van der Waals surface area contributed by atoms with Crippen molar-refractivity contribution in [3.8, 4) is 0 Å². The van der Waals surface area contributed by atoms with E-state index in [0.29, 0.717) is 4.24 Å². The van der Waals surface area contributed by atoms with Gasteiger partial charge in [0.15, 0.2) is 5.70 Å². The molecule has 0 radical (unpaired) electrons. The molecule has 0 spiro atoms. The molecule has 2 amide bonds. The number of hydrogen-bond acceptors (Lipinski definition) is 8. The minimum atomic E-state index is -1.26. The SMILES string of the molecule is CC(O)[C@H]1C(=O)N2C(C(=O)O)=C(SC[C@H](N)C(=O)NCCC(=O)O)S[C@H]12. The van der Waals surface area contributed by atoms with Crippen LogP contribution in [0.5, 0.6) is 0 Å². The number of thioether (sulfide) groups is 2. The predicted octanol–water partition coefficient (Wildman–Crippen LogP) is -1.20. The fourth-order valence-corrected chi connectivity index (χ4v) is 5.41. The molecule has 1 fully saturated rings. The summed E-state index contributed by atoms with van der Waals surface area (Å²) in [6.45, 7) is 1.42. The van der Waals surface area contributed by atoms with Crippen LogP contribution in [0.4, 0.5) is 0 Å². The first-order valence-corrected chi connectivity index (χ1v) is 9.55. The lowest BCUT2D eigenvalue weighted by Crippen LogP contribution is -2.60. The third-order valence-electron chi connectivity index (χ3n) is 3.84. The van der Waals surface area contributed by atoms with E-state index < -0.39 is 47.2 Å². The maximum absolute atomic E-state index is 12.1. The van der Waals surface area contributed by atoms with Crippen LogP contribution in [0.1, 0.15) is 13.3 Å². The van der Waals surface area contributed by atoms with Crippen molar-refractivity contribution in [1.29, 1.82) is 0 Å². The van der Waals surface area contributed by atoms with Gasteiger partial charge < -0.3 is 26.4 Å². The predicted molar refractivity (Wildman–Crippen MR) is 93.8 cm³/mol. The Labute approximate surface area is 157 Å². The molecule has 26 heavy (non-hydrogen) atoms. The molecule has 2 rings (SSSR count). The molecule has 6 N–H and O–H groups in total. The van der Waals surface area contributed by atoms with E-state index >= 15 is 0 Å². The van der Waals surface area contributed by atoms with Crippen LogP contribution in [0.3, 0.4) is 0 Å². The number of carboxylic acids is 2. The van der Waals surface area contributed by atoms with Gasteiger partial charge in [0.1, 0.15) is 5.37 Å². The highest BCUT2D eigenvalue weighted by Crippen LogP contribution is 2.53. The molecule has 2 aliphatic heterocycles. The van der Waals surface area contributed by atoms with Crippen molar-refractivity contribution in [2.45, 2.75) is 30.9 Å². The second-order valence-electron chi connectivity index (χ2n) is 5.78. The third kappa shape index (κ3) is 4.14. The molecule has 0 saturated carbocycles. The lowest BCUT2D eigenvalue weighted by molar-refractivity contribution is -0.156. The molecule has 0 aromatic heterocycles. The van der Waals surface area contributed by atoms with E-state index in [1.807, 2.05) is 0 Å². The molecule has 144 valence electrons. The second-order valence-corrected chi connectivity index (χ2v) is 8.19. The molecule has 1 unspecified atom stereocenters. The van der Waals surface area contributed by atoms with Gasteiger partial charge in [0.05, 0.1) is 28.7 Å². The number of aliphatic hydroxyl groups is 1. The zero-order valence-corrected chi connectivity index (χ0v) is 15.4. The Kier molecular flexibility index (Phi) is 6.55. The molecule has 2 heterocycles. The fourth-order valence-electron chi connectivity index (χ4n) is 2.52. The van der Waals surface area contributed by atoms with Crippen LogP contribution >= 0.6 is 23.5 Å². The van der Waals surface area contributed by atoms with E-state index in [9.17, 15) is 29.4 Å². The highest BCUT2D eigenvalue weighted by atomic mass is 32.2. The number of hydrogen-bond donors (Lipinski definition) is 5. The van der Waals surface area contributed by atoms with Crippen molar-refractivity contribution in [2.75, 3.05) is 12.3 Å². The summed E-state index contributed by atoms with van der Waals surface area (Å²) in [5.74, 6) is -3.90. The van der Waals surface area contributed by atoms with Crippen LogP contribution in [0.2, 0.25) is 0 Å². The van der Waals surface area contributed by atoms with Crippen molar-refractivity contribution in [2.24, 2.45) is 11.7 Å². The van der Waals surface area contributed by atoms with Crippen LogP contribution in [0.25, 0.3) is 0 Å². The number of nitrogens with zero attached hydrogens (tertiary/aromatic N) is 1. The van der Waals surface area contributed by atoms with Gasteiger partial charge in [-0.05, 0) is 6.92 Å². The summed E-state index contributed by atoms with van der Waals surface area (Å²) >= 11 is 2.20. The van der Waals surface area contributed by atoms with Gasteiger partial charge in [-0.2, -0.15) is 0 Å². The summed E-state index contributed by atoms with van der Waals surface area (Å²) in [4.78, 5) is 46.9. The van der Waals surface area contributed by atoms with Gasteiger partial charge in [-0.1, -0.05) is 11.8 Å². The van der Waals surface area contributed by atoms with Gasteiger partial charge in [0, 0.05) is 12.3 Å². The number of β-lactam (4-membered cyclic amide) rings is 1. The largest absolute Gasteiger partial charge is 0.481 e. The van der Waals surface area contributed by atoms with Gasteiger partial charge in [-0.3, -0.25) is 19.3 Å². The number of nitrogens with two attached hydrogens (primary N) is 1. The number of amides is 2. The van der Waals surface area contributed by atoms with Crippen molar-refractivity contribution < 1.29 is 34.5 Å². The number of carbonyl (C=O) groups is 4. The second kappa shape index (κ2) is 8.29. The minimum Gasteiger partial charge on any atom is -0.481 e. The highest BCUT2D eigenvalue weighted by molar-refractivity contribution is 8.22. The zero-order chi connectivity index (χ0) is 19.6. The molecule has 1 saturated heterocycles. The monoisotopic (exact) mass is 405 g/mol. The first kappa shape index (κ1) is 20.6. The topological polar surface area (TPSA) is 170 Å². The summed E-state index contributed by atoms with van der Waals surface area (Å²) < 4.78 is 0.354. The number of rotatable bonds is 9. The van der Waals surface area contributed by atoms with E-state index in [0.717, 1.165) is 28.4 Å².